The molecule has 0 saturated heterocycles. The second-order valence-electron chi connectivity index (χ2n) is 4.42. The first-order valence-electron chi connectivity index (χ1n) is 6.47. The normalized spacial score (nSPS) is 11.9. The molecule has 4 nitrogen and oxygen atoms in total. The monoisotopic (exact) mass is 273 g/mol. The minimum Gasteiger partial charge on any atom is -0.493 e. The first kappa shape index (κ1) is 14.4. The molecular formula is C16H19NO3. The van der Waals surface area contributed by atoms with E-state index in [9.17, 15) is 5.11 Å². The van der Waals surface area contributed by atoms with Gasteiger partial charge in [0.1, 0.15) is 12.7 Å². The van der Waals surface area contributed by atoms with Crippen LogP contribution in [-0.2, 0) is 6.54 Å². The Bertz CT molecular complexity index is 540. The van der Waals surface area contributed by atoms with Crippen LogP contribution in [0.1, 0.15) is 17.2 Å². The molecule has 106 valence electrons. The Labute approximate surface area is 118 Å². The number of aliphatic hydroxyl groups is 1. The van der Waals surface area contributed by atoms with Gasteiger partial charge in [-0.05, 0) is 23.3 Å². The van der Waals surface area contributed by atoms with E-state index in [1.165, 1.54) is 0 Å². The van der Waals surface area contributed by atoms with Gasteiger partial charge in [0.05, 0.1) is 7.11 Å². The van der Waals surface area contributed by atoms with Gasteiger partial charge in [-0.25, -0.2) is 0 Å². The molecule has 1 unspecified atom stereocenters. The molecule has 0 bridgehead atoms. The molecule has 0 aliphatic rings. The quantitative estimate of drug-likeness (QED) is 0.847. The summed E-state index contributed by atoms with van der Waals surface area (Å²) in [6.07, 6.45) is -0.688. The zero-order chi connectivity index (χ0) is 14.4. The number of hydrogen-bond donors (Lipinski definition) is 2. The molecule has 2 aromatic carbocycles. The maximum atomic E-state index is 10.1. The summed E-state index contributed by atoms with van der Waals surface area (Å²) in [5, 5.41) is 10.1. The number of benzene rings is 2. The molecule has 0 aromatic heterocycles. The van der Waals surface area contributed by atoms with Crippen molar-refractivity contribution in [3.8, 4) is 11.5 Å². The van der Waals surface area contributed by atoms with Crippen molar-refractivity contribution in [2.45, 2.75) is 12.6 Å². The van der Waals surface area contributed by atoms with Crippen LogP contribution in [0.3, 0.4) is 0 Å². The van der Waals surface area contributed by atoms with E-state index in [2.05, 4.69) is 0 Å². The van der Waals surface area contributed by atoms with Gasteiger partial charge < -0.3 is 20.3 Å². The third-order valence-electron chi connectivity index (χ3n) is 3.07. The Morgan fingerprint density at radius 2 is 1.70 bits per heavy atom. The van der Waals surface area contributed by atoms with Crippen LogP contribution in [0.2, 0.25) is 0 Å². The van der Waals surface area contributed by atoms with Gasteiger partial charge >= 0.3 is 0 Å². The molecule has 0 aliphatic heterocycles. The van der Waals surface area contributed by atoms with Crippen LogP contribution in [0.4, 0.5) is 0 Å². The molecule has 3 N–H and O–H groups in total. The van der Waals surface area contributed by atoms with Gasteiger partial charge in [-0.3, -0.25) is 0 Å². The number of rotatable bonds is 6. The van der Waals surface area contributed by atoms with E-state index in [0.29, 0.717) is 18.0 Å². The molecule has 0 saturated carbocycles. The highest BCUT2D eigenvalue weighted by Gasteiger charge is 2.10. The number of aliphatic hydroxyl groups excluding tert-OH is 1. The predicted molar refractivity (Wildman–Crippen MR) is 77.8 cm³/mol. The highest BCUT2D eigenvalue weighted by molar-refractivity contribution is 5.39. The lowest BCUT2D eigenvalue weighted by Gasteiger charge is -2.14. The van der Waals surface area contributed by atoms with Crippen LogP contribution in [-0.4, -0.2) is 18.8 Å². The Balaban J connectivity index is 1.98. The molecule has 0 heterocycles. The lowest BCUT2D eigenvalue weighted by Crippen LogP contribution is -2.10. The van der Waals surface area contributed by atoms with Gasteiger partial charge in [0.2, 0.25) is 0 Å². The number of methoxy groups -OCH3 is 1. The second kappa shape index (κ2) is 6.93. The van der Waals surface area contributed by atoms with E-state index >= 15 is 0 Å². The third-order valence-corrected chi connectivity index (χ3v) is 3.07. The lowest BCUT2D eigenvalue weighted by molar-refractivity contribution is 0.106. The second-order valence-corrected chi connectivity index (χ2v) is 4.42. The molecule has 0 amide bonds. The van der Waals surface area contributed by atoms with Crippen molar-refractivity contribution >= 4 is 0 Å². The number of nitrogens with two attached hydrogens (primary N) is 1. The fraction of sp³-hybridized carbons (Fsp3) is 0.250. The van der Waals surface area contributed by atoms with Crippen molar-refractivity contribution in [1.82, 2.24) is 0 Å². The first-order chi connectivity index (χ1) is 9.74. The summed E-state index contributed by atoms with van der Waals surface area (Å²) >= 11 is 0. The van der Waals surface area contributed by atoms with E-state index < -0.39 is 6.10 Å². The van der Waals surface area contributed by atoms with E-state index in [4.69, 9.17) is 15.2 Å². The summed E-state index contributed by atoms with van der Waals surface area (Å²) in [4.78, 5) is 0. The fourth-order valence-electron chi connectivity index (χ4n) is 1.88. The van der Waals surface area contributed by atoms with Gasteiger partial charge in [-0.2, -0.15) is 0 Å². The van der Waals surface area contributed by atoms with Crippen molar-refractivity contribution in [2.75, 3.05) is 13.7 Å². The summed E-state index contributed by atoms with van der Waals surface area (Å²) in [6, 6.07) is 14.9. The average Bonchev–Trinajstić information content (AvgIpc) is 2.53. The van der Waals surface area contributed by atoms with E-state index in [-0.39, 0.29) is 6.61 Å². The summed E-state index contributed by atoms with van der Waals surface area (Å²) in [5.41, 5.74) is 7.38. The lowest BCUT2D eigenvalue weighted by atomic mass is 10.1. The minimum absolute atomic E-state index is 0.169. The van der Waals surface area contributed by atoms with Crippen LogP contribution in [0, 0.1) is 0 Å². The van der Waals surface area contributed by atoms with Crippen molar-refractivity contribution in [1.29, 1.82) is 0 Å². The molecule has 4 heteroatoms. The van der Waals surface area contributed by atoms with Gasteiger partial charge in [-0.15, -0.1) is 0 Å². The Morgan fingerprint density at radius 1 is 1.05 bits per heavy atom. The standard InChI is InChI=1S/C16H19NO3/c1-19-15-4-2-3-5-16(15)20-11-14(18)13-8-6-12(10-17)7-9-13/h2-9,14,18H,10-11,17H2,1H3. The van der Waals surface area contributed by atoms with Crippen LogP contribution in [0.5, 0.6) is 11.5 Å². The van der Waals surface area contributed by atoms with Crippen LogP contribution >= 0.6 is 0 Å². The van der Waals surface area contributed by atoms with Crippen LogP contribution < -0.4 is 15.2 Å². The summed E-state index contributed by atoms with van der Waals surface area (Å²) in [7, 11) is 1.59. The molecule has 20 heavy (non-hydrogen) atoms. The summed E-state index contributed by atoms with van der Waals surface area (Å²) in [6.45, 7) is 0.663. The van der Waals surface area contributed by atoms with Crippen molar-refractivity contribution in [3.05, 3.63) is 59.7 Å². The first-order valence-corrected chi connectivity index (χ1v) is 6.47. The minimum atomic E-state index is -0.688. The highest BCUT2D eigenvalue weighted by atomic mass is 16.5. The SMILES string of the molecule is COc1ccccc1OCC(O)c1ccc(CN)cc1. The van der Waals surface area contributed by atoms with Crippen LogP contribution in [0.15, 0.2) is 48.5 Å². The number of hydrogen-bond acceptors (Lipinski definition) is 4. The molecule has 1 atom stereocenters. The van der Waals surface area contributed by atoms with Gasteiger partial charge in [0.25, 0.3) is 0 Å². The van der Waals surface area contributed by atoms with Gasteiger partial charge in [-0.1, -0.05) is 36.4 Å². The molecule has 0 radical (unpaired) electrons. The van der Waals surface area contributed by atoms with Crippen molar-refractivity contribution in [2.24, 2.45) is 5.73 Å². The largest absolute Gasteiger partial charge is 0.493 e. The smallest absolute Gasteiger partial charge is 0.161 e. The maximum absolute atomic E-state index is 10.1. The maximum Gasteiger partial charge on any atom is 0.161 e. The number of ether oxygens (including phenoxy) is 2. The molecule has 0 spiro atoms. The van der Waals surface area contributed by atoms with Gasteiger partial charge in [0.15, 0.2) is 11.5 Å². The molecule has 0 fully saturated rings. The topological polar surface area (TPSA) is 64.7 Å². The summed E-state index contributed by atoms with van der Waals surface area (Å²) < 4.78 is 10.8. The van der Waals surface area contributed by atoms with Crippen molar-refractivity contribution in [3.63, 3.8) is 0 Å². The van der Waals surface area contributed by atoms with Crippen molar-refractivity contribution < 1.29 is 14.6 Å². The molecular weight excluding hydrogens is 254 g/mol. The highest BCUT2D eigenvalue weighted by Crippen LogP contribution is 2.27. The Hall–Kier alpha value is -2.04. The van der Waals surface area contributed by atoms with Gasteiger partial charge in [0, 0.05) is 6.54 Å². The third kappa shape index (κ3) is 3.50. The number of para-hydroxylation sites is 2. The molecule has 0 aliphatic carbocycles. The average molecular weight is 273 g/mol. The Kier molecular flexibility index (Phi) is 4.98. The van der Waals surface area contributed by atoms with E-state index in [1.54, 1.807) is 7.11 Å². The molecule has 2 aromatic rings. The Morgan fingerprint density at radius 3 is 2.30 bits per heavy atom. The summed E-state index contributed by atoms with van der Waals surface area (Å²) in [5.74, 6) is 1.27. The predicted octanol–water partition coefficient (Wildman–Crippen LogP) is 2.27. The van der Waals surface area contributed by atoms with Crippen LogP contribution in [0.25, 0.3) is 0 Å². The fourth-order valence-corrected chi connectivity index (χ4v) is 1.88. The zero-order valence-corrected chi connectivity index (χ0v) is 11.5. The zero-order valence-electron chi connectivity index (χ0n) is 11.5. The molecule has 2 rings (SSSR count). The van der Waals surface area contributed by atoms with E-state index in [0.717, 1.165) is 11.1 Å². The van der Waals surface area contributed by atoms with E-state index in [1.807, 2.05) is 48.5 Å².